The van der Waals surface area contributed by atoms with Gasteiger partial charge in [-0.25, -0.2) is 9.59 Å². The standard InChI is InChI=1S/C20H17F2NO8/c1-28-16-9-14(15(23(26)27)10-17(16)31-20(21)22)11-30-18(24)8-5-12-3-6-13(7-4-12)19(25)29-2/h3-10,20H,11H2,1-2H3/b8-5+. The van der Waals surface area contributed by atoms with Crippen LogP contribution < -0.4 is 9.47 Å². The maximum absolute atomic E-state index is 12.5. The van der Waals surface area contributed by atoms with Crippen LogP contribution in [0.4, 0.5) is 14.5 Å². The van der Waals surface area contributed by atoms with Crippen LogP contribution in [0.5, 0.6) is 11.5 Å². The van der Waals surface area contributed by atoms with E-state index in [4.69, 9.17) is 9.47 Å². The third-order valence-corrected chi connectivity index (χ3v) is 3.89. The number of halogens is 2. The van der Waals surface area contributed by atoms with Gasteiger partial charge in [0.1, 0.15) is 6.61 Å². The lowest BCUT2D eigenvalue weighted by molar-refractivity contribution is -0.386. The highest BCUT2D eigenvalue weighted by atomic mass is 19.3. The van der Waals surface area contributed by atoms with Crippen LogP contribution in [-0.2, 0) is 20.9 Å². The number of carbonyl (C=O) groups excluding carboxylic acids is 2. The van der Waals surface area contributed by atoms with Gasteiger partial charge in [0.25, 0.3) is 5.69 Å². The second kappa shape index (κ2) is 10.7. The predicted octanol–water partition coefficient (Wildman–Crippen LogP) is 3.75. The Kier molecular flexibility index (Phi) is 8.01. The van der Waals surface area contributed by atoms with Crippen LogP contribution in [0.1, 0.15) is 21.5 Å². The molecule has 0 saturated carbocycles. The Morgan fingerprint density at radius 1 is 1.13 bits per heavy atom. The third kappa shape index (κ3) is 6.49. The monoisotopic (exact) mass is 437 g/mol. The zero-order valence-corrected chi connectivity index (χ0v) is 16.4. The first-order valence-electron chi connectivity index (χ1n) is 8.58. The average Bonchev–Trinajstić information content (AvgIpc) is 2.75. The largest absolute Gasteiger partial charge is 0.493 e. The minimum atomic E-state index is -3.20. The molecule has 0 aromatic heterocycles. The Hall–Kier alpha value is -4.02. The number of nitrogens with zero attached hydrogens (tertiary/aromatic N) is 1. The molecule has 2 aromatic carbocycles. The van der Waals surface area contributed by atoms with Crippen LogP contribution in [-0.4, -0.2) is 37.7 Å². The fourth-order valence-corrected chi connectivity index (χ4v) is 2.43. The summed E-state index contributed by atoms with van der Waals surface area (Å²) in [6, 6.07) is 8.02. The molecule has 0 unspecified atom stereocenters. The van der Waals surface area contributed by atoms with Gasteiger partial charge in [-0.05, 0) is 29.8 Å². The van der Waals surface area contributed by atoms with Crippen molar-refractivity contribution in [3.8, 4) is 11.5 Å². The summed E-state index contributed by atoms with van der Waals surface area (Å²) in [5.41, 5.74) is 0.271. The second-order valence-electron chi connectivity index (χ2n) is 5.82. The van der Waals surface area contributed by atoms with Crippen molar-refractivity contribution in [2.75, 3.05) is 14.2 Å². The summed E-state index contributed by atoms with van der Waals surface area (Å²) in [4.78, 5) is 33.8. The highest BCUT2D eigenvalue weighted by Crippen LogP contribution is 2.36. The van der Waals surface area contributed by atoms with Crippen molar-refractivity contribution < 1.29 is 42.2 Å². The molecule has 0 bridgehead atoms. The Labute approximate surface area is 174 Å². The van der Waals surface area contributed by atoms with Crippen LogP contribution >= 0.6 is 0 Å². The Morgan fingerprint density at radius 3 is 2.35 bits per heavy atom. The molecule has 0 spiro atoms. The third-order valence-electron chi connectivity index (χ3n) is 3.89. The molecule has 2 aromatic rings. The normalized spacial score (nSPS) is 10.7. The smallest absolute Gasteiger partial charge is 0.387 e. The molecule has 31 heavy (non-hydrogen) atoms. The molecule has 164 valence electrons. The first-order chi connectivity index (χ1) is 14.7. The summed E-state index contributed by atoms with van der Waals surface area (Å²) in [6.07, 6.45) is 2.50. The Balaban J connectivity index is 2.10. The topological polar surface area (TPSA) is 114 Å². The number of hydrogen-bond acceptors (Lipinski definition) is 8. The van der Waals surface area contributed by atoms with Gasteiger partial charge in [-0.2, -0.15) is 8.78 Å². The number of rotatable bonds is 9. The second-order valence-corrected chi connectivity index (χ2v) is 5.82. The fourth-order valence-electron chi connectivity index (χ4n) is 2.43. The minimum Gasteiger partial charge on any atom is -0.493 e. The van der Waals surface area contributed by atoms with Gasteiger partial charge >= 0.3 is 18.6 Å². The van der Waals surface area contributed by atoms with E-state index >= 15 is 0 Å². The predicted molar refractivity (Wildman–Crippen MR) is 103 cm³/mol. The van der Waals surface area contributed by atoms with Crippen LogP contribution in [0.15, 0.2) is 42.5 Å². The maximum Gasteiger partial charge on any atom is 0.387 e. The van der Waals surface area contributed by atoms with Gasteiger partial charge in [-0.1, -0.05) is 12.1 Å². The Morgan fingerprint density at radius 2 is 1.81 bits per heavy atom. The molecule has 0 heterocycles. The van der Waals surface area contributed by atoms with E-state index in [2.05, 4.69) is 9.47 Å². The molecule has 0 atom stereocenters. The number of nitro benzene ring substituents is 1. The van der Waals surface area contributed by atoms with E-state index in [1.54, 1.807) is 12.1 Å². The summed E-state index contributed by atoms with van der Waals surface area (Å²) in [6.45, 7) is -3.71. The number of carbonyl (C=O) groups is 2. The first kappa shape index (κ1) is 23.3. The highest BCUT2D eigenvalue weighted by molar-refractivity contribution is 5.90. The number of alkyl halides is 2. The molecular weight excluding hydrogens is 420 g/mol. The molecule has 0 amide bonds. The lowest BCUT2D eigenvalue weighted by Crippen LogP contribution is -2.07. The lowest BCUT2D eigenvalue weighted by atomic mass is 10.1. The summed E-state index contributed by atoms with van der Waals surface area (Å²) in [7, 11) is 2.43. The van der Waals surface area contributed by atoms with Crippen LogP contribution in [0, 0.1) is 10.1 Å². The van der Waals surface area contributed by atoms with Gasteiger partial charge in [-0.15, -0.1) is 0 Å². The van der Waals surface area contributed by atoms with Crippen molar-refractivity contribution in [2.24, 2.45) is 0 Å². The molecule has 0 aliphatic carbocycles. The number of ether oxygens (including phenoxy) is 4. The number of nitro groups is 1. The SMILES string of the molecule is COC(=O)c1ccc(/C=C/C(=O)OCc2cc(OC)c(OC(F)F)cc2[N+](=O)[O-])cc1. The molecule has 0 fully saturated rings. The zero-order chi connectivity index (χ0) is 23.0. The zero-order valence-electron chi connectivity index (χ0n) is 16.4. The minimum absolute atomic E-state index is 0.0763. The van der Waals surface area contributed by atoms with E-state index in [1.165, 1.54) is 32.4 Å². The highest BCUT2D eigenvalue weighted by Gasteiger charge is 2.22. The number of hydrogen-bond donors (Lipinski definition) is 0. The van der Waals surface area contributed by atoms with Crippen molar-refractivity contribution >= 4 is 23.7 Å². The Bertz CT molecular complexity index is 989. The van der Waals surface area contributed by atoms with Gasteiger partial charge < -0.3 is 18.9 Å². The van der Waals surface area contributed by atoms with E-state index < -0.39 is 41.5 Å². The molecule has 0 N–H and O–H groups in total. The van der Waals surface area contributed by atoms with E-state index in [9.17, 15) is 28.5 Å². The van der Waals surface area contributed by atoms with E-state index in [0.717, 1.165) is 18.2 Å². The molecule has 0 aliphatic heterocycles. The van der Waals surface area contributed by atoms with Crippen molar-refractivity contribution in [1.82, 2.24) is 0 Å². The van der Waals surface area contributed by atoms with Crippen LogP contribution in [0.2, 0.25) is 0 Å². The van der Waals surface area contributed by atoms with Gasteiger partial charge in [0.05, 0.1) is 36.3 Å². The summed E-state index contributed by atoms with van der Waals surface area (Å²) < 4.78 is 43.7. The van der Waals surface area contributed by atoms with Gasteiger partial charge in [-0.3, -0.25) is 10.1 Å². The van der Waals surface area contributed by atoms with Gasteiger partial charge in [0, 0.05) is 6.08 Å². The number of methoxy groups -OCH3 is 2. The van der Waals surface area contributed by atoms with Crippen molar-refractivity contribution in [2.45, 2.75) is 13.2 Å². The molecular formula is C20H17F2NO8. The maximum atomic E-state index is 12.5. The van der Waals surface area contributed by atoms with E-state index in [0.29, 0.717) is 11.1 Å². The van der Waals surface area contributed by atoms with Gasteiger partial charge in [0.15, 0.2) is 11.5 Å². The van der Waals surface area contributed by atoms with Gasteiger partial charge in [0.2, 0.25) is 0 Å². The van der Waals surface area contributed by atoms with Crippen LogP contribution in [0.25, 0.3) is 6.08 Å². The number of benzene rings is 2. The fraction of sp³-hybridized carbons (Fsp3) is 0.200. The van der Waals surface area contributed by atoms with Crippen molar-refractivity contribution in [1.29, 1.82) is 0 Å². The molecule has 2 rings (SSSR count). The van der Waals surface area contributed by atoms with E-state index in [1.807, 2.05) is 0 Å². The summed E-state index contributed by atoms with van der Waals surface area (Å²) in [5.74, 6) is -2.01. The number of esters is 2. The average molecular weight is 437 g/mol. The summed E-state index contributed by atoms with van der Waals surface area (Å²) >= 11 is 0. The molecule has 0 saturated heterocycles. The van der Waals surface area contributed by atoms with Crippen molar-refractivity contribution in [3.63, 3.8) is 0 Å². The first-order valence-corrected chi connectivity index (χ1v) is 8.58. The molecule has 0 aliphatic rings. The van der Waals surface area contributed by atoms with E-state index in [-0.39, 0.29) is 11.3 Å². The molecule has 9 nitrogen and oxygen atoms in total. The van der Waals surface area contributed by atoms with Crippen LogP contribution in [0.3, 0.4) is 0 Å². The van der Waals surface area contributed by atoms with Crippen molar-refractivity contribution in [3.05, 3.63) is 69.3 Å². The quantitative estimate of drug-likeness (QED) is 0.252. The lowest BCUT2D eigenvalue weighted by Gasteiger charge is -2.12. The summed E-state index contributed by atoms with van der Waals surface area (Å²) in [5, 5.41) is 11.2. The molecule has 11 heteroatoms. The molecule has 0 radical (unpaired) electrons.